The van der Waals surface area contributed by atoms with Gasteiger partial charge in [-0.25, -0.2) is 12.8 Å². The number of amides is 1. The third kappa shape index (κ3) is 5.03. The van der Waals surface area contributed by atoms with Gasteiger partial charge in [0.1, 0.15) is 5.82 Å². The van der Waals surface area contributed by atoms with Gasteiger partial charge in [-0.3, -0.25) is 4.79 Å². The van der Waals surface area contributed by atoms with Gasteiger partial charge in [0.05, 0.1) is 4.90 Å². The zero-order chi connectivity index (χ0) is 20.1. The van der Waals surface area contributed by atoms with Crippen LogP contribution in [0.15, 0.2) is 59.5 Å². The lowest BCUT2D eigenvalue weighted by atomic mass is 10.2. The molecule has 1 N–H and O–H groups in total. The number of hydrogen-bond acceptors (Lipinski definition) is 4. The maximum absolute atomic E-state index is 13.2. The smallest absolute Gasteiger partial charge is 0.248 e. The Hall–Kier alpha value is -2.55. The van der Waals surface area contributed by atoms with Crippen LogP contribution in [0.25, 0.3) is 6.08 Å². The quantitative estimate of drug-likeness (QED) is 0.779. The summed E-state index contributed by atoms with van der Waals surface area (Å²) in [6.07, 6.45) is 2.76. The molecule has 6 nitrogen and oxygen atoms in total. The molecule has 1 aliphatic rings. The highest BCUT2D eigenvalue weighted by Gasteiger charge is 2.27. The number of benzene rings is 2. The van der Waals surface area contributed by atoms with E-state index in [0.29, 0.717) is 37.4 Å². The van der Waals surface area contributed by atoms with Gasteiger partial charge >= 0.3 is 0 Å². The molecule has 2 aromatic rings. The van der Waals surface area contributed by atoms with Gasteiger partial charge in [0.25, 0.3) is 0 Å². The number of nitrogens with zero attached hydrogens (tertiary/aromatic N) is 2. The van der Waals surface area contributed by atoms with Crippen LogP contribution in [0, 0.1) is 5.82 Å². The first-order valence-corrected chi connectivity index (χ1v) is 10.3. The number of carbonyl (C=O) groups excluding carboxylic acids is 1. The predicted octanol–water partition coefficient (Wildman–Crippen LogP) is 2.41. The molecule has 1 heterocycles. The second-order valence-corrected chi connectivity index (χ2v) is 8.55. The van der Waals surface area contributed by atoms with Crippen molar-refractivity contribution in [2.45, 2.75) is 4.90 Å². The van der Waals surface area contributed by atoms with Crippen LogP contribution < -0.4 is 5.32 Å². The molecule has 0 saturated carbocycles. The Kier molecular flexibility index (Phi) is 6.23. The van der Waals surface area contributed by atoms with Gasteiger partial charge in [0.2, 0.25) is 15.9 Å². The second kappa shape index (κ2) is 8.64. The monoisotopic (exact) mass is 403 g/mol. The number of piperazine rings is 1. The minimum absolute atomic E-state index is 0.143. The van der Waals surface area contributed by atoms with E-state index in [2.05, 4.69) is 10.2 Å². The lowest BCUT2D eigenvalue weighted by Crippen LogP contribution is -2.47. The number of carbonyl (C=O) groups is 1. The van der Waals surface area contributed by atoms with Crippen molar-refractivity contribution in [2.75, 3.05) is 38.5 Å². The molecule has 148 valence electrons. The lowest BCUT2D eigenvalue weighted by molar-refractivity contribution is -0.111. The first-order chi connectivity index (χ1) is 13.3. The topological polar surface area (TPSA) is 69.7 Å². The summed E-state index contributed by atoms with van der Waals surface area (Å²) in [5.74, 6) is -0.817. The van der Waals surface area contributed by atoms with Gasteiger partial charge < -0.3 is 10.2 Å². The molecule has 0 spiro atoms. The van der Waals surface area contributed by atoms with E-state index in [0.717, 1.165) is 0 Å². The van der Waals surface area contributed by atoms with Crippen LogP contribution >= 0.6 is 0 Å². The van der Waals surface area contributed by atoms with Crippen molar-refractivity contribution in [1.29, 1.82) is 0 Å². The first kappa shape index (κ1) is 20.2. The van der Waals surface area contributed by atoms with Crippen molar-refractivity contribution in [3.05, 3.63) is 66.0 Å². The van der Waals surface area contributed by atoms with Gasteiger partial charge in [0.15, 0.2) is 0 Å². The Morgan fingerprint density at radius 2 is 1.79 bits per heavy atom. The van der Waals surface area contributed by atoms with Gasteiger partial charge in [-0.15, -0.1) is 0 Å². The summed E-state index contributed by atoms with van der Waals surface area (Å²) in [5, 5.41) is 2.64. The fourth-order valence-corrected chi connectivity index (χ4v) is 4.35. The minimum Gasteiger partial charge on any atom is -0.322 e. The highest BCUT2D eigenvalue weighted by molar-refractivity contribution is 7.89. The largest absolute Gasteiger partial charge is 0.322 e. The molecule has 0 bridgehead atoms. The van der Waals surface area contributed by atoms with Gasteiger partial charge in [-0.1, -0.05) is 18.2 Å². The van der Waals surface area contributed by atoms with Crippen LogP contribution in [0.4, 0.5) is 10.1 Å². The second-order valence-electron chi connectivity index (χ2n) is 6.61. The summed E-state index contributed by atoms with van der Waals surface area (Å²) >= 11 is 0. The van der Waals surface area contributed by atoms with E-state index in [1.807, 2.05) is 7.05 Å². The molecular formula is C20H22FN3O3S. The van der Waals surface area contributed by atoms with Gasteiger partial charge in [-0.2, -0.15) is 4.31 Å². The SMILES string of the molecule is CN1CCN(S(=O)(=O)c2cccc(NC(=O)C=Cc3cccc(F)c3)c2)CC1. The molecule has 2 aromatic carbocycles. The Labute approximate surface area is 164 Å². The summed E-state index contributed by atoms with van der Waals surface area (Å²) in [7, 11) is -1.65. The van der Waals surface area contributed by atoms with Crippen molar-refractivity contribution < 1.29 is 17.6 Å². The highest BCUT2D eigenvalue weighted by atomic mass is 32.2. The number of nitrogens with one attached hydrogen (secondary N) is 1. The molecule has 0 aliphatic carbocycles. The molecule has 1 saturated heterocycles. The molecule has 0 radical (unpaired) electrons. The molecule has 1 amide bonds. The molecule has 8 heteroatoms. The van der Waals surface area contributed by atoms with Crippen molar-refractivity contribution in [2.24, 2.45) is 0 Å². The predicted molar refractivity (Wildman–Crippen MR) is 107 cm³/mol. The Bertz CT molecular complexity index is 984. The van der Waals surface area contributed by atoms with Crippen LogP contribution in [0.5, 0.6) is 0 Å². The standard InChI is InChI=1S/C20H22FN3O3S/c1-23-10-12-24(13-11-23)28(26,27)19-7-3-6-18(15-19)22-20(25)9-8-16-4-2-5-17(21)14-16/h2-9,14-15H,10-13H2,1H3,(H,22,25). The van der Waals surface area contributed by atoms with Crippen LogP contribution in [0.2, 0.25) is 0 Å². The van der Waals surface area contributed by atoms with Crippen LogP contribution in [0.3, 0.4) is 0 Å². The molecule has 28 heavy (non-hydrogen) atoms. The van der Waals surface area contributed by atoms with E-state index in [9.17, 15) is 17.6 Å². The number of rotatable bonds is 5. The van der Waals surface area contributed by atoms with E-state index >= 15 is 0 Å². The third-order valence-corrected chi connectivity index (χ3v) is 6.37. The Balaban J connectivity index is 1.70. The maximum Gasteiger partial charge on any atom is 0.248 e. The molecular weight excluding hydrogens is 381 g/mol. The van der Waals surface area contributed by atoms with Crippen LogP contribution in [0.1, 0.15) is 5.56 Å². The number of halogens is 1. The lowest BCUT2D eigenvalue weighted by Gasteiger charge is -2.31. The summed E-state index contributed by atoms with van der Waals surface area (Å²) < 4.78 is 40.3. The van der Waals surface area contributed by atoms with E-state index < -0.39 is 15.9 Å². The normalized spacial score (nSPS) is 16.4. The zero-order valence-corrected chi connectivity index (χ0v) is 16.3. The average molecular weight is 403 g/mol. The van der Waals surface area contributed by atoms with E-state index in [-0.39, 0.29) is 10.7 Å². The molecule has 0 aromatic heterocycles. The Morgan fingerprint density at radius 3 is 2.50 bits per heavy atom. The molecule has 1 aliphatic heterocycles. The summed E-state index contributed by atoms with van der Waals surface area (Å²) in [4.78, 5) is 14.3. The Morgan fingerprint density at radius 1 is 1.07 bits per heavy atom. The van der Waals surface area contributed by atoms with E-state index in [4.69, 9.17) is 0 Å². The minimum atomic E-state index is -3.61. The number of likely N-dealkylation sites (N-methyl/N-ethyl adjacent to an activating group) is 1. The van der Waals surface area contributed by atoms with E-state index in [1.54, 1.807) is 24.3 Å². The average Bonchev–Trinajstić information content (AvgIpc) is 2.67. The number of anilines is 1. The van der Waals surface area contributed by atoms with Gasteiger partial charge in [-0.05, 0) is 49.0 Å². The first-order valence-electron chi connectivity index (χ1n) is 8.88. The molecule has 3 rings (SSSR count). The summed E-state index contributed by atoms with van der Waals surface area (Å²) in [6, 6.07) is 12.0. The fourth-order valence-electron chi connectivity index (χ4n) is 2.88. The zero-order valence-electron chi connectivity index (χ0n) is 15.5. The maximum atomic E-state index is 13.2. The van der Waals surface area contributed by atoms with Crippen molar-refractivity contribution >= 4 is 27.7 Å². The van der Waals surface area contributed by atoms with Crippen molar-refractivity contribution in [1.82, 2.24) is 9.21 Å². The van der Waals surface area contributed by atoms with Crippen LogP contribution in [-0.2, 0) is 14.8 Å². The molecule has 0 atom stereocenters. The molecule has 0 unspecified atom stereocenters. The van der Waals surface area contributed by atoms with Crippen molar-refractivity contribution in [3.63, 3.8) is 0 Å². The van der Waals surface area contributed by atoms with Crippen LogP contribution in [-0.4, -0.2) is 56.8 Å². The van der Waals surface area contributed by atoms with Crippen molar-refractivity contribution in [3.8, 4) is 0 Å². The summed E-state index contributed by atoms with van der Waals surface area (Å²) in [6.45, 7) is 2.23. The molecule has 1 fully saturated rings. The summed E-state index contributed by atoms with van der Waals surface area (Å²) in [5.41, 5.74) is 0.936. The number of sulfonamides is 1. The third-order valence-electron chi connectivity index (χ3n) is 4.48. The fraction of sp³-hybridized carbons (Fsp3) is 0.250. The van der Waals surface area contributed by atoms with E-state index in [1.165, 1.54) is 40.7 Å². The van der Waals surface area contributed by atoms with Gasteiger partial charge in [0, 0.05) is 37.9 Å². The number of hydrogen-bond donors (Lipinski definition) is 1. The highest BCUT2D eigenvalue weighted by Crippen LogP contribution is 2.21.